The van der Waals surface area contributed by atoms with Crippen LogP contribution in [0.25, 0.3) is 11.0 Å². The number of hydrogen-bond donors (Lipinski definition) is 0. The number of thiophene rings is 1. The summed E-state index contributed by atoms with van der Waals surface area (Å²) in [5, 5.41) is 5.27. The van der Waals surface area contributed by atoms with Crippen LogP contribution in [0.2, 0.25) is 4.34 Å². The molecule has 0 radical (unpaired) electrons. The largest absolute Gasteiger partial charge is 0.351 e. The van der Waals surface area contributed by atoms with Crippen LogP contribution in [0.1, 0.15) is 10.4 Å². The third-order valence-corrected chi connectivity index (χ3v) is 5.01. The number of anilines is 1. The van der Waals surface area contributed by atoms with Crippen molar-refractivity contribution in [3.05, 3.63) is 33.4 Å². The molecule has 0 spiro atoms. The fourth-order valence-corrected chi connectivity index (χ4v) is 3.97. The Labute approximate surface area is 124 Å². The van der Waals surface area contributed by atoms with Crippen LogP contribution in [0.15, 0.2) is 18.6 Å². The first kappa shape index (κ1) is 12.1. The summed E-state index contributed by atoms with van der Waals surface area (Å²) in [6.45, 7) is 1.80. The molecule has 0 bridgehead atoms. The zero-order valence-electron chi connectivity index (χ0n) is 10.9. The van der Waals surface area contributed by atoms with E-state index in [0.717, 1.165) is 40.7 Å². The molecule has 1 aliphatic heterocycles. The van der Waals surface area contributed by atoms with E-state index in [9.17, 15) is 0 Å². The highest BCUT2D eigenvalue weighted by atomic mass is 35.5. The van der Waals surface area contributed by atoms with Crippen LogP contribution in [-0.4, -0.2) is 26.3 Å². The molecule has 5 nitrogen and oxygen atoms in total. The highest BCUT2D eigenvalue weighted by molar-refractivity contribution is 7.16. The molecule has 0 unspecified atom stereocenters. The first-order valence-corrected chi connectivity index (χ1v) is 7.56. The highest BCUT2D eigenvalue weighted by Crippen LogP contribution is 2.33. The molecule has 0 saturated heterocycles. The molecule has 0 aliphatic carbocycles. The minimum absolute atomic E-state index is 0.847. The minimum Gasteiger partial charge on any atom is -0.351 e. The van der Waals surface area contributed by atoms with Gasteiger partial charge in [-0.2, -0.15) is 5.10 Å². The van der Waals surface area contributed by atoms with Gasteiger partial charge in [0.2, 0.25) is 0 Å². The smallest absolute Gasteiger partial charge is 0.163 e. The lowest BCUT2D eigenvalue weighted by Crippen LogP contribution is -2.30. The number of rotatable bonds is 1. The number of fused-ring (bicyclic) bond motifs is 2. The van der Waals surface area contributed by atoms with E-state index >= 15 is 0 Å². The molecule has 1 aliphatic rings. The molecule has 4 heterocycles. The van der Waals surface area contributed by atoms with E-state index in [2.05, 4.69) is 26.0 Å². The molecular weight excluding hydrogens is 294 g/mol. The Hall–Kier alpha value is -1.66. The van der Waals surface area contributed by atoms with Gasteiger partial charge in [0, 0.05) is 25.0 Å². The summed E-state index contributed by atoms with van der Waals surface area (Å²) in [7, 11) is 1.89. The molecule has 20 heavy (non-hydrogen) atoms. The predicted molar refractivity (Wildman–Crippen MR) is 80.4 cm³/mol. The van der Waals surface area contributed by atoms with Crippen LogP contribution < -0.4 is 4.90 Å². The predicted octanol–water partition coefficient (Wildman–Crippen LogP) is 2.64. The zero-order valence-corrected chi connectivity index (χ0v) is 12.4. The molecule has 102 valence electrons. The molecule has 4 rings (SSSR count). The average molecular weight is 306 g/mol. The molecule has 3 aromatic heterocycles. The summed E-state index contributed by atoms with van der Waals surface area (Å²) < 4.78 is 2.64. The second-order valence-corrected chi connectivity index (χ2v) is 6.64. The molecule has 7 heteroatoms. The number of nitrogens with zero attached hydrogens (tertiary/aromatic N) is 5. The van der Waals surface area contributed by atoms with Crippen molar-refractivity contribution >= 4 is 39.8 Å². The first-order chi connectivity index (χ1) is 9.72. The van der Waals surface area contributed by atoms with E-state index in [1.807, 2.05) is 13.2 Å². The standard InChI is InChI=1S/C13H12ClN5S/c1-18-12-9(5-17-18)13(16-7-15-12)19-3-2-10-8(6-19)4-11(14)20-10/h4-5,7H,2-3,6H2,1H3. The Morgan fingerprint density at radius 1 is 1.35 bits per heavy atom. The van der Waals surface area contributed by atoms with Crippen molar-refractivity contribution in [2.75, 3.05) is 11.4 Å². The maximum absolute atomic E-state index is 6.10. The minimum atomic E-state index is 0.847. The van der Waals surface area contributed by atoms with Crippen molar-refractivity contribution in [3.8, 4) is 0 Å². The van der Waals surface area contributed by atoms with Gasteiger partial charge >= 0.3 is 0 Å². The Bertz CT molecular complexity index is 793. The van der Waals surface area contributed by atoms with Gasteiger partial charge in [-0.3, -0.25) is 4.68 Å². The van der Waals surface area contributed by atoms with Crippen LogP contribution in [-0.2, 0) is 20.0 Å². The third-order valence-electron chi connectivity index (χ3n) is 3.64. The molecular formula is C13H12ClN5S. The van der Waals surface area contributed by atoms with Gasteiger partial charge in [-0.1, -0.05) is 11.6 Å². The van der Waals surface area contributed by atoms with E-state index in [-0.39, 0.29) is 0 Å². The lowest BCUT2D eigenvalue weighted by atomic mass is 10.1. The Balaban J connectivity index is 1.77. The number of halogens is 1. The van der Waals surface area contributed by atoms with Gasteiger partial charge in [-0.25, -0.2) is 9.97 Å². The van der Waals surface area contributed by atoms with Crippen molar-refractivity contribution < 1.29 is 0 Å². The normalized spacial score (nSPS) is 14.8. The average Bonchev–Trinajstić information content (AvgIpc) is 3.00. The summed E-state index contributed by atoms with van der Waals surface area (Å²) in [6, 6.07) is 2.06. The SMILES string of the molecule is Cn1ncc2c(N3CCc4sc(Cl)cc4C3)ncnc21. The van der Waals surface area contributed by atoms with E-state index in [4.69, 9.17) is 11.6 Å². The maximum Gasteiger partial charge on any atom is 0.163 e. The molecule has 3 aromatic rings. The second-order valence-electron chi connectivity index (χ2n) is 4.87. The van der Waals surface area contributed by atoms with Crippen LogP contribution in [0.4, 0.5) is 5.82 Å². The summed E-state index contributed by atoms with van der Waals surface area (Å²) in [6.07, 6.45) is 4.45. The van der Waals surface area contributed by atoms with Crippen molar-refractivity contribution in [3.63, 3.8) is 0 Å². The monoisotopic (exact) mass is 305 g/mol. The van der Waals surface area contributed by atoms with Crippen molar-refractivity contribution in [1.29, 1.82) is 0 Å². The van der Waals surface area contributed by atoms with E-state index in [1.165, 1.54) is 10.4 Å². The topological polar surface area (TPSA) is 46.8 Å². The Morgan fingerprint density at radius 3 is 3.15 bits per heavy atom. The lowest BCUT2D eigenvalue weighted by molar-refractivity contribution is 0.733. The quantitative estimate of drug-likeness (QED) is 0.693. The second kappa shape index (κ2) is 4.43. The van der Waals surface area contributed by atoms with Crippen LogP contribution in [0.3, 0.4) is 0 Å². The Morgan fingerprint density at radius 2 is 2.25 bits per heavy atom. The van der Waals surface area contributed by atoms with Gasteiger partial charge in [-0.05, 0) is 18.1 Å². The van der Waals surface area contributed by atoms with Crippen molar-refractivity contribution in [2.45, 2.75) is 13.0 Å². The number of aryl methyl sites for hydroxylation is 1. The van der Waals surface area contributed by atoms with E-state index < -0.39 is 0 Å². The summed E-state index contributed by atoms with van der Waals surface area (Å²) in [5.41, 5.74) is 2.17. The molecule has 0 amide bonds. The Kier molecular flexibility index (Phi) is 2.68. The highest BCUT2D eigenvalue weighted by Gasteiger charge is 2.22. The molecule has 0 N–H and O–H groups in total. The summed E-state index contributed by atoms with van der Waals surface area (Å²) in [5.74, 6) is 0.955. The molecule has 0 atom stereocenters. The fraction of sp³-hybridized carbons (Fsp3) is 0.308. The lowest BCUT2D eigenvalue weighted by Gasteiger charge is -2.28. The summed E-state index contributed by atoms with van der Waals surface area (Å²) >= 11 is 7.79. The van der Waals surface area contributed by atoms with E-state index in [1.54, 1.807) is 22.3 Å². The molecule has 0 saturated carbocycles. The van der Waals surface area contributed by atoms with Gasteiger partial charge in [0.05, 0.1) is 15.9 Å². The maximum atomic E-state index is 6.10. The van der Waals surface area contributed by atoms with Crippen LogP contribution in [0, 0.1) is 0 Å². The third kappa shape index (κ3) is 1.79. The van der Waals surface area contributed by atoms with Crippen LogP contribution >= 0.6 is 22.9 Å². The molecule has 0 fully saturated rings. The fourth-order valence-electron chi connectivity index (χ4n) is 2.68. The summed E-state index contributed by atoms with van der Waals surface area (Å²) in [4.78, 5) is 12.4. The van der Waals surface area contributed by atoms with Gasteiger partial charge < -0.3 is 4.90 Å². The van der Waals surface area contributed by atoms with Gasteiger partial charge in [0.1, 0.15) is 12.1 Å². The van der Waals surface area contributed by atoms with E-state index in [0.29, 0.717) is 0 Å². The van der Waals surface area contributed by atoms with Crippen molar-refractivity contribution in [1.82, 2.24) is 19.7 Å². The van der Waals surface area contributed by atoms with Gasteiger partial charge in [0.15, 0.2) is 5.65 Å². The number of aromatic nitrogens is 4. The molecule has 0 aromatic carbocycles. The first-order valence-electron chi connectivity index (χ1n) is 6.37. The van der Waals surface area contributed by atoms with Gasteiger partial charge in [0.25, 0.3) is 0 Å². The van der Waals surface area contributed by atoms with Crippen LogP contribution in [0.5, 0.6) is 0 Å². The van der Waals surface area contributed by atoms with Gasteiger partial charge in [-0.15, -0.1) is 11.3 Å². The zero-order chi connectivity index (χ0) is 13.7. The van der Waals surface area contributed by atoms with Crippen molar-refractivity contribution in [2.24, 2.45) is 7.05 Å². The number of hydrogen-bond acceptors (Lipinski definition) is 5.